The first kappa shape index (κ1) is 16.9. The molecule has 1 aromatic carbocycles. The molecule has 16 heavy (non-hydrogen) atoms. The van der Waals surface area contributed by atoms with E-state index >= 15 is 0 Å². The lowest BCUT2D eigenvalue weighted by Crippen LogP contribution is -1.79. The number of alkyl halides is 1. The van der Waals surface area contributed by atoms with E-state index in [-0.39, 0.29) is 7.43 Å². The Morgan fingerprint density at radius 3 is 1.44 bits per heavy atom. The quantitative estimate of drug-likeness (QED) is 0.637. The van der Waals surface area contributed by atoms with Crippen molar-refractivity contribution in [3.63, 3.8) is 0 Å². The normalized spacial score (nSPS) is 9.75. The average Bonchev–Trinajstić information content (AvgIpc) is 3.19. The summed E-state index contributed by atoms with van der Waals surface area (Å²) in [5, 5.41) is 16.9. The van der Waals surface area contributed by atoms with E-state index < -0.39 is 0 Å². The van der Waals surface area contributed by atoms with Crippen LogP contribution in [-0.2, 0) is 0 Å². The van der Waals surface area contributed by atoms with Gasteiger partial charge in [0, 0.05) is 6.38 Å². The largest absolute Gasteiger partial charge is 0.192 e. The van der Waals surface area contributed by atoms with E-state index in [1.165, 1.54) is 25.6 Å². The van der Waals surface area contributed by atoms with Crippen molar-refractivity contribution < 1.29 is 0 Å². The minimum absolute atomic E-state index is 0. The molecule has 1 aliphatic rings. The number of benzene rings is 1. The molecule has 1 fully saturated rings. The van der Waals surface area contributed by atoms with Crippen LogP contribution in [0.2, 0.25) is 0 Å². The van der Waals surface area contributed by atoms with E-state index in [2.05, 4.69) is 11.6 Å². The van der Waals surface area contributed by atoms with Crippen molar-refractivity contribution in [2.45, 2.75) is 26.7 Å². The Hall–Kier alpha value is -1.51. The van der Waals surface area contributed by atoms with Crippen LogP contribution in [0, 0.1) is 22.7 Å². The number of rotatable bonds is 0. The van der Waals surface area contributed by atoms with E-state index in [0.29, 0.717) is 11.1 Å². The molecule has 0 amide bonds. The van der Waals surface area contributed by atoms with Crippen LogP contribution in [0.4, 0.5) is 0 Å². The van der Waals surface area contributed by atoms with Gasteiger partial charge >= 0.3 is 0 Å². The minimum atomic E-state index is 0. The maximum atomic E-state index is 8.45. The van der Waals surface area contributed by atoms with Gasteiger partial charge in [0.1, 0.15) is 12.1 Å². The summed E-state index contributed by atoms with van der Waals surface area (Å²) < 4.78 is 0. The molecule has 2 rings (SSSR count). The fraction of sp³-hybridized carbons (Fsp3) is 0.385. The third-order valence-corrected chi connectivity index (χ3v) is 1.52. The third-order valence-electron chi connectivity index (χ3n) is 1.52. The monoisotopic (exact) mass is 236 g/mol. The zero-order chi connectivity index (χ0) is 11.5. The van der Waals surface area contributed by atoms with Crippen LogP contribution in [-0.4, -0.2) is 6.38 Å². The first-order valence-electron chi connectivity index (χ1n) is 4.65. The van der Waals surface area contributed by atoms with Crippen molar-refractivity contribution in [3.05, 3.63) is 35.4 Å². The Morgan fingerprint density at radius 2 is 1.25 bits per heavy atom. The standard InChI is InChI=1S/C8H4N2.C3H6.CH3Cl.CH4/c9-5-7-3-1-2-4-8(7)6-10;1-2-3-1;1-2;/h1-4H;1-3H2;1H3;1H4. The van der Waals surface area contributed by atoms with E-state index in [1.54, 1.807) is 24.3 Å². The molecule has 0 atom stereocenters. The van der Waals surface area contributed by atoms with Gasteiger partial charge in [-0.1, -0.05) is 38.8 Å². The molecule has 1 aromatic rings. The topological polar surface area (TPSA) is 47.6 Å². The Labute approximate surface area is 103 Å². The molecule has 1 saturated carbocycles. The van der Waals surface area contributed by atoms with E-state index in [9.17, 15) is 0 Å². The molecule has 0 N–H and O–H groups in total. The predicted molar refractivity (Wildman–Crippen MR) is 68.2 cm³/mol. The van der Waals surface area contributed by atoms with Gasteiger partial charge in [-0.25, -0.2) is 0 Å². The number of nitriles is 2. The van der Waals surface area contributed by atoms with Crippen LogP contribution >= 0.6 is 11.6 Å². The highest BCUT2D eigenvalue weighted by Crippen LogP contribution is 2.14. The van der Waals surface area contributed by atoms with E-state index in [1.807, 2.05) is 12.1 Å². The number of halogens is 1. The minimum Gasteiger partial charge on any atom is -0.192 e. The molecule has 0 unspecified atom stereocenters. The first-order chi connectivity index (χ1) is 7.38. The number of hydrogen-bond acceptors (Lipinski definition) is 2. The highest BCUT2D eigenvalue weighted by atomic mass is 35.5. The van der Waals surface area contributed by atoms with Gasteiger partial charge in [0.15, 0.2) is 0 Å². The SMILES string of the molecule is C.C1CC1.CCl.N#Cc1ccccc1C#N. The van der Waals surface area contributed by atoms with E-state index in [0.717, 1.165) is 0 Å². The molecule has 0 bridgehead atoms. The van der Waals surface area contributed by atoms with Crippen LogP contribution in [0.25, 0.3) is 0 Å². The van der Waals surface area contributed by atoms with Gasteiger partial charge in [0.2, 0.25) is 0 Å². The summed E-state index contributed by atoms with van der Waals surface area (Å²) in [6, 6.07) is 10.6. The van der Waals surface area contributed by atoms with Crippen molar-refractivity contribution in [1.29, 1.82) is 10.5 Å². The molecule has 86 valence electrons. The molecular formula is C13H17ClN2. The number of hydrogen-bond donors (Lipinski definition) is 0. The molecular weight excluding hydrogens is 220 g/mol. The molecule has 1 aliphatic carbocycles. The van der Waals surface area contributed by atoms with Crippen LogP contribution < -0.4 is 0 Å². The first-order valence-corrected chi connectivity index (χ1v) is 5.41. The fourth-order valence-electron chi connectivity index (χ4n) is 0.678. The van der Waals surface area contributed by atoms with Crippen molar-refractivity contribution in [2.24, 2.45) is 0 Å². The van der Waals surface area contributed by atoms with Gasteiger partial charge in [-0.3, -0.25) is 0 Å². The van der Waals surface area contributed by atoms with Crippen molar-refractivity contribution in [3.8, 4) is 12.1 Å². The van der Waals surface area contributed by atoms with Crippen LogP contribution in [0.15, 0.2) is 24.3 Å². The van der Waals surface area contributed by atoms with Crippen LogP contribution in [0.1, 0.15) is 37.8 Å². The number of nitrogens with zero attached hydrogens (tertiary/aromatic N) is 2. The molecule has 0 saturated heterocycles. The van der Waals surface area contributed by atoms with Gasteiger partial charge in [-0.05, 0) is 12.1 Å². The van der Waals surface area contributed by atoms with Crippen LogP contribution in [0.5, 0.6) is 0 Å². The fourth-order valence-corrected chi connectivity index (χ4v) is 0.678. The lowest BCUT2D eigenvalue weighted by atomic mass is 10.1. The van der Waals surface area contributed by atoms with Crippen LogP contribution in [0.3, 0.4) is 0 Å². The van der Waals surface area contributed by atoms with Crippen molar-refractivity contribution >= 4 is 11.6 Å². The Morgan fingerprint density at radius 1 is 0.938 bits per heavy atom. The summed E-state index contributed by atoms with van der Waals surface area (Å²) in [5.74, 6) is 0. The maximum absolute atomic E-state index is 8.45. The maximum Gasteiger partial charge on any atom is 0.101 e. The van der Waals surface area contributed by atoms with Crippen molar-refractivity contribution in [1.82, 2.24) is 0 Å². The lowest BCUT2D eigenvalue weighted by molar-refractivity contribution is 1.43. The molecule has 0 heterocycles. The Balaban J connectivity index is 0. The van der Waals surface area contributed by atoms with Gasteiger partial charge in [0.05, 0.1) is 11.1 Å². The zero-order valence-corrected chi connectivity index (χ0v) is 9.46. The third kappa shape index (κ3) is 7.85. The highest BCUT2D eigenvalue weighted by molar-refractivity contribution is 6.15. The molecule has 0 aliphatic heterocycles. The lowest BCUT2D eigenvalue weighted by Gasteiger charge is -1.88. The molecule has 0 spiro atoms. The van der Waals surface area contributed by atoms with Gasteiger partial charge < -0.3 is 0 Å². The summed E-state index contributed by atoms with van der Waals surface area (Å²) in [7, 11) is 0. The van der Waals surface area contributed by atoms with Gasteiger partial charge in [0.25, 0.3) is 0 Å². The second-order valence-corrected chi connectivity index (χ2v) is 2.83. The summed E-state index contributed by atoms with van der Waals surface area (Å²) in [4.78, 5) is 0. The van der Waals surface area contributed by atoms with Crippen molar-refractivity contribution in [2.75, 3.05) is 6.38 Å². The molecule has 2 nitrogen and oxygen atoms in total. The summed E-state index contributed by atoms with van der Waals surface area (Å²) in [6.45, 7) is 0. The second-order valence-electron chi connectivity index (χ2n) is 2.83. The second kappa shape index (κ2) is 11.6. The smallest absolute Gasteiger partial charge is 0.101 e. The van der Waals surface area contributed by atoms with Gasteiger partial charge in [-0.2, -0.15) is 10.5 Å². The highest BCUT2D eigenvalue weighted by Gasteiger charge is 1.95. The molecule has 3 heteroatoms. The Bertz CT molecular complexity index is 323. The van der Waals surface area contributed by atoms with E-state index in [4.69, 9.17) is 10.5 Å². The van der Waals surface area contributed by atoms with Gasteiger partial charge in [-0.15, -0.1) is 11.6 Å². The average molecular weight is 237 g/mol. The molecule has 0 radical (unpaired) electrons. The predicted octanol–water partition coefficient (Wildman–Crippen LogP) is 4.09. The summed E-state index contributed by atoms with van der Waals surface area (Å²) in [6.07, 6.45) is 5.97. The molecule has 0 aromatic heterocycles. The summed E-state index contributed by atoms with van der Waals surface area (Å²) >= 11 is 4.64. The Kier molecular flexibility index (Phi) is 12.2. The summed E-state index contributed by atoms with van der Waals surface area (Å²) in [5.41, 5.74) is 0.870. The zero-order valence-electron chi connectivity index (χ0n) is 8.70.